The minimum Gasteiger partial charge on any atom is -0.497 e. The summed E-state index contributed by atoms with van der Waals surface area (Å²) in [6, 6.07) is 4.73. The topological polar surface area (TPSA) is 92.3 Å². The van der Waals surface area contributed by atoms with Gasteiger partial charge in [-0.15, -0.1) is 10.2 Å². The molecular weight excluding hydrogens is 260 g/mol. The Hall–Kier alpha value is -2.57. The Morgan fingerprint density at radius 1 is 1.35 bits per heavy atom. The van der Waals surface area contributed by atoms with Crippen LogP contribution >= 0.6 is 0 Å². The average molecular weight is 276 g/mol. The van der Waals surface area contributed by atoms with Gasteiger partial charge in [-0.2, -0.15) is 0 Å². The van der Waals surface area contributed by atoms with Gasteiger partial charge < -0.3 is 19.8 Å². The van der Waals surface area contributed by atoms with Crippen LogP contribution in [0.25, 0.3) is 0 Å². The van der Waals surface area contributed by atoms with Gasteiger partial charge in [0.05, 0.1) is 12.7 Å². The first-order chi connectivity index (χ1) is 9.51. The molecule has 20 heavy (non-hydrogen) atoms. The van der Waals surface area contributed by atoms with Crippen LogP contribution in [0.15, 0.2) is 18.2 Å². The van der Waals surface area contributed by atoms with E-state index < -0.39 is 5.97 Å². The van der Waals surface area contributed by atoms with Gasteiger partial charge in [-0.3, -0.25) is 0 Å². The summed E-state index contributed by atoms with van der Waals surface area (Å²) in [5.41, 5.74) is 6.46. The van der Waals surface area contributed by atoms with Gasteiger partial charge in [0, 0.05) is 18.8 Å². The molecule has 7 nitrogen and oxygen atoms in total. The maximum Gasteiger partial charge on any atom is 0.338 e. The van der Waals surface area contributed by atoms with Gasteiger partial charge in [-0.1, -0.05) is 0 Å². The molecule has 1 heterocycles. The number of hydrogen-bond acceptors (Lipinski definition) is 6. The van der Waals surface area contributed by atoms with Crippen LogP contribution in [0.2, 0.25) is 0 Å². The number of nitrogen functional groups attached to an aromatic ring is 1. The third kappa shape index (κ3) is 2.87. The SMILES string of the molecule is COc1cc(N)cc(C(=O)OCc2nnc(C)n2C)c1. The van der Waals surface area contributed by atoms with Crippen LogP contribution < -0.4 is 10.5 Å². The van der Waals surface area contributed by atoms with E-state index in [9.17, 15) is 4.79 Å². The molecule has 2 N–H and O–H groups in total. The first-order valence-corrected chi connectivity index (χ1v) is 5.98. The van der Waals surface area contributed by atoms with Crippen molar-refractivity contribution >= 4 is 11.7 Å². The minimum atomic E-state index is -0.490. The summed E-state index contributed by atoms with van der Waals surface area (Å²) in [6.07, 6.45) is 0. The summed E-state index contributed by atoms with van der Waals surface area (Å²) in [4.78, 5) is 12.0. The molecule has 0 amide bonds. The number of aryl methyl sites for hydroxylation is 1. The predicted molar refractivity (Wildman–Crippen MR) is 72.3 cm³/mol. The van der Waals surface area contributed by atoms with E-state index in [0.29, 0.717) is 22.8 Å². The lowest BCUT2D eigenvalue weighted by Crippen LogP contribution is -2.09. The third-order valence-corrected chi connectivity index (χ3v) is 2.92. The molecule has 1 aromatic carbocycles. The monoisotopic (exact) mass is 276 g/mol. The predicted octanol–water partition coefficient (Wildman–Crippen LogP) is 1.07. The highest BCUT2D eigenvalue weighted by atomic mass is 16.5. The van der Waals surface area contributed by atoms with Crippen LogP contribution in [0.5, 0.6) is 5.75 Å². The van der Waals surface area contributed by atoms with Crippen molar-refractivity contribution in [2.24, 2.45) is 7.05 Å². The number of rotatable bonds is 4. The quantitative estimate of drug-likeness (QED) is 0.663. The lowest BCUT2D eigenvalue weighted by Gasteiger charge is -2.07. The first kappa shape index (κ1) is 13.9. The van der Waals surface area contributed by atoms with E-state index in [4.69, 9.17) is 15.2 Å². The van der Waals surface area contributed by atoms with E-state index in [1.807, 2.05) is 14.0 Å². The maximum absolute atomic E-state index is 12.0. The van der Waals surface area contributed by atoms with Crippen molar-refractivity contribution in [3.8, 4) is 5.75 Å². The van der Waals surface area contributed by atoms with E-state index >= 15 is 0 Å². The molecule has 0 spiro atoms. The van der Waals surface area contributed by atoms with Crippen molar-refractivity contribution in [3.05, 3.63) is 35.4 Å². The molecule has 0 unspecified atom stereocenters. The molecule has 0 aliphatic heterocycles. The van der Waals surface area contributed by atoms with Crippen LogP contribution in [0.3, 0.4) is 0 Å². The van der Waals surface area contributed by atoms with Crippen LogP contribution in [-0.2, 0) is 18.4 Å². The van der Waals surface area contributed by atoms with Gasteiger partial charge in [0.15, 0.2) is 12.4 Å². The molecule has 0 aliphatic carbocycles. The second kappa shape index (κ2) is 5.60. The van der Waals surface area contributed by atoms with E-state index in [1.54, 1.807) is 16.7 Å². The number of esters is 1. The Bertz CT molecular complexity index is 637. The van der Waals surface area contributed by atoms with Crippen molar-refractivity contribution in [3.63, 3.8) is 0 Å². The molecule has 0 saturated carbocycles. The third-order valence-electron chi connectivity index (χ3n) is 2.92. The van der Waals surface area contributed by atoms with Gasteiger partial charge >= 0.3 is 5.97 Å². The summed E-state index contributed by atoms with van der Waals surface area (Å²) in [5.74, 6) is 1.34. The zero-order valence-electron chi connectivity index (χ0n) is 11.6. The van der Waals surface area contributed by atoms with E-state index in [1.165, 1.54) is 13.2 Å². The fraction of sp³-hybridized carbons (Fsp3) is 0.308. The van der Waals surface area contributed by atoms with Crippen LogP contribution in [0.1, 0.15) is 22.0 Å². The standard InChI is InChI=1S/C13H16N4O3/c1-8-15-16-12(17(8)2)7-20-13(18)9-4-10(14)6-11(5-9)19-3/h4-6H,7,14H2,1-3H3. The molecule has 0 radical (unpaired) electrons. The number of aromatic nitrogens is 3. The van der Waals surface area contributed by atoms with Crippen molar-refractivity contribution in [2.45, 2.75) is 13.5 Å². The highest BCUT2D eigenvalue weighted by molar-refractivity contribution is 5.91. The van der Waals surface area contributed by atoms with Gasteiger partial charge in [-0.05, 0) is 19.1 Å². The van der Waals surface area contributed by atoms with Crippen LogP contribution in [0, 0.1) is 6.92 Å². The fourth-order valence-corrected chi connectivity index (χ4v) is 1.65. The van der Waals surface area contributed by atoms with Crippen molar-refractivity contribution in [2.75, 3.05) is 12.8 Å². The highest BCUT2D eigenvalue weighted by Crippen LogP contribution is 2.19. The van der Waals surface area contributed by atoms with Crippen molar-refractivity contribution < 1.29 is 14.3 Å². The van der Waals surface area contributed by atoms with Gasteiger partial charge in [0.1, 0.15) is 11.6 Å². The molecule has 0 atom stereocenters. The number of carbonyl (C=O) groups excluding carboxylic acids is 1. The second-order valence-corrected chi connectivity index (χ2v) is 4.29. The van der Waals surface area contributed by atoms with Gasteiger partial charge in [-0.25, -0.2) is 4.79 Å². The first-order valence-electron chi connectivity index (χ1n) is 5.98. The molecule has 106 valence electrons. The molecule has 1 aromatic heterocycles. The lowest BCUT2D eigenvalue weighted by molar-refractivity contribution is 0.0458. The number of nitrogens with zero attached hydrogens (tertiary/aromatic N) is 3. The smallest absolute Gasteiger partial charge is 0.338 e. The number of hydrogen-bond donors (Lipinski definition) is 1. The zero-order valence-corrected chi connectivity index (χ0v) is 11.6. The number of benzene rings is 1. The van der Waals surface area contributed by atoms with Gasteiger partial charge in [0.2, 0.25) is 0 Å². The Balaban J connectivity index is 2.09. The molecular formula is C13H16N4O3. The van der Waals surface area contributed by atoms with Crippen LogP contribution in [0.4, 0.5) is 5.69 Å². The minimum absolute atomic E-state index is 0.0489. The van der Waals surface area contributed by atoms with Crippen LogP contribution in [-0.4, -0.2) is 27.8 Å². The molecule has 0 bridgehead atoms. The van der Waals surface area contributed by atoms with Crippen molar-refractivity contribution in [1.82, 2.24) is 14.8 Å². The van der Waals surface area contributed by atoms with E-state index in [0.717, 1.165) is 5.82 Å². The molecule has 0 aliphatic rings. The maximum atomic E-state index is 12.0. The molecule has 7 heteroatoms. The number of anilines is 1. The normalized spacial score (nSPS) is 10.3. The summed E-state index contributed by atoms with van der Waals surface area (Å²) in [6.45, 7) is 1.87. The van der Waals surface area contributed by atoms with E-state index in [2.05, 4.69) is 10.2 Å². The van der Waals surface area contributed by atoms with Crippen molar-refractivity contribution in [1.29, 1.82) is 0 Å². The Labute approximate surface area is 116 Å². The van der Waals surface area contributed by atoms with Gasteiger partial charge in [0.25, 0.3) is 0 Å². The highest BCUT2D eigenvalue weighted by Gasteiger charge is 2.12. The van der Waals surface area contributed by atoms with E-state index in [-0.39, 0.29) is 6.61 Å². The summed E-state index contributed by atoms with van der Waals surface area (Å²) in [7, 11) is 3.31. The number of carbonyl (C=O) groups is 1. The molecule has 2 rings (SSSR count). The summed E-state index contributed by atoms with van der Waals surface area (Å²) >= 11 is 0. The summed E-state index contributed by atoms with van der Waals surface area (Å²) < 4.78 is 12.0. The fourth-order valence-electron chi connectivity index (χ4n) is 1.65. The zero-order chi connectivity index (χ0) is 14.7. The largest absolute Gasteiger partial charge is 0.497 e. The Morgan fingerprint density at radius 3 is 2.70 bits per heavy atom. The molecule has 0 fully saturated rings. The summed E-state index contributed by atoms with van der Waals surface area (Å²) in [5, 5.41) is 7.81. The number of nitrogens with two attached hydrogens (primary N) is 1. The number of ether oxygens (including phenoxy) is 2. The lowest BCUT2D eigenvalue weighted by atomic mass is 10.2. The Kier molecular flexibility index (Phi) is 3.88. The molecule has 2 aromatic rings. The second-order valence-electron chi connectivity index (χ2n) is 4.29. The Morgan fingerprint density at radius 2 is 2.10 bits per heavy atom. The molecule has 0 saturated heterocycles. The average Bonchev–Trinajstić information content (AvgIpc) is 2.75. The number of methoxy groups -OCH3 is 1.